The fourth-order valence-corrected chi connectivity index (χ4v) is 6.32. The number of hydrogen-bond acceptors (Lipinski definition) is 12. The summed E-state index contributed by atoms with van der Waals surface area (Å²) in [5.74, 6) is -5.49. The zero-order valence-corrected chi connectivity index (χ0v) is 27.1. The Hall–Kier alpha value is -6.07. The van der Waals surface area contributed by atoms with Gasteiger partial charge in [-0.05, 0) is 56.4 Å². The van der Waals surface area contributed by atoms with Crippen LogP contribution in [-0.2, 0) is 25.6 Å². The van der Waals surface area contributed by atoms with Gasteiger partial charge in [0.1, 0.15) is 23.1 Å². The number of aliphatic carboxylic acids is 2. The summed E-state index contributed by atoms with van der Waals surface area (Å²) in [7, 11) is 1.44. The van der Waals surface area contributed by atoms with Gasteiger partial charge in [-0.15, -0.1) is 0 Å². The number of unbranched alkanes of at least 4 members (excludes halogenated alkanes) is 1. The molecule has 0 unspecified atom stereocenters. The third kappa shape index (κ3) is 7.79. The van der Waals surface area contributed by atoms with E-state index < -0.39 is 68.1 Å². The van der Waals surface area contributed by atoms with Crippen molar-refractivity contribution < 1.29 is 48.4 Å². The average Bonchev–Trinajstić information content (AvgIpc) is 3.51. The number of carbonyl (C=O) groups excluding carboxylic acids is 2. The second-order valence-electron chi connectivity index (χ2n) is 11.8. The lowest BCUT2D eigenvalue weighted by Crippen LogP contribution is -2.62. The number of fused-ring (bicyclic) bond motifs is 1. The van der Waals surface area contributed by atoms with Gasteiger partial charge < -0.3 is 34.9 Å². The number of hydrogen-bond donors (Lipinski definition) is 4. The Morgan fingerprint density at radius 2 is 1.80 bits per heavy atom. The molecule has 50 heavy (non-hydrogen) atoms. The number of likely N-dealkylation sites (tertiary alicyclic amines) is 1. The number of nitrogens with zero attached hydrogens (tertiary/aromatic N) is 3. The van der Waals surface area contributed by atoms with E-state index in [-0.39, 0.29) is 62.9 Å². The molecular weight excluding hydrogens is 662 g/mol. The standard InChI is InChI=1S/C32H35N5O13/c1-18(34-27(38)14-19-15-28(39)50-26-17-21(49-2)8-9-22(19)26)29(40)35-13-5-11-32(35,31(43)44)23(30(41)42)6-3-4-12-33-24-10-7-20(36(45)46)16-25(24)37(47)48/h7-10,15-18,23,33H,3-6,11-14H2,1-2H3,(H,34,38)(H,41,42)(H,43,44)/t18-,23+,32+/m0/s1. The summed E-state index contributed by atoms with van der Waals surface area (Å²) in [5, 5.41) is 48.8. The molecule has 2 amide bonds. The molecule has 1 saturated heterocycles. The van der Waals surface area contributed by atoms with Gasteiger partial charge in [0.05, 0.1) is 35.4 Å². The highest BCUT2D eigenvalue weighted by atomic mass is 16.6. The number of carboxylic acids is 2. The molecule has 1 aromatic heterocycles. The first-order valence-corrected chi connectivity index (χ1v) is 15.5. The van der Waals surface area contributed by atoms with Crippen molar-refractivity contribution in [1.29, 1.82) is 0 Å². The number of nitrogens with one attached hydrogen (secondary N) is 2. The largest absolute Gasteiger partial charge is 0.497 e. The van der Waals surface area contributed by atoms with Crippen LogP contribution >= 0.6 is 0 Å². The van der Waals surface area contributed by atoms with E-state index in [2.05, 4.69) is 10.6 Å². The van der Waals surface area contributed by atoms with E-state index >= 15 is 0 Å². The number of nitro groups is 2. The minimum Gasteiger partial charge on any atom is -0.497 e. The smallest absolute Gasteiger partial charge is 0.336 e. The number of anilines is 1. The lowest BCUT2D eigenvalue weighted by molar-refractivity contribution is -0.393. The molecule has 2 aromatic carbocycles. The molecule has 3 aromatic rings. The second kappa shape index (κ2) is 15.4. The summed E-state index contributed by atoms with van der Waals surface area (Å²) < 4.78 is 10.3. The first-order chi connectivity index (χ1) is 23.7. The Morgan fingerprint density at radius 3 is 2.44 bits per heavy atom. The monoisotopic (exact) mass is 697 g/mol. The van der Waals surface area contributed by atoms with Crippen LogP contribution in [0.4, 0.5) is 17.1 Å². The minimum absolute atomic E-state index is 0.0186. The molecule has 0 radical (unpaired) electrons. The van der Waals surface area contributed by atoms with Crippen molar-refractivity contribution in [3.8, 4) is 5.75 Å². The molecule has 266 valence electrons. The van der Waals surface area contributed by atoms with Crippen molar-refractivity contribution in [2.45, 2.75) is 57.0 Å². The maximum Gasteiger partial charge on any atom is 0.336 e. The Morgan fingerprint density at radius 1 is 1.06 bits per heavy atom. The van der Waals surface area contributed by atoms with Gasteiger partial charge in [0.2, 0.25) is 11.8 Å². The molecular formula is C32H35N5O13. The topological polar surface area (TPSA) is 262 Å². The summed E-state index contributed by atoms with van der Waals surface area (Å²) in [5.41, 5.74) is -3.27. The molecule has 18 heteroatoms. The first-order valence-electron chi connectivity index (χ1n) is 15.5. The molecule has 18 nitrogen and oxygen atoms in total. The Kier molecular flexibility index (Phi) is 11.3. The number of ether oxygens (including phenoxy) is 1. The average molecular weight is 698 g/mol. The molecule has 1 aliphatic rings. The van der Waals surface area contributed by atoms with Crippen LogP contribution < -0.4 is 21.0 Å². The van der Waals surface area contributed by atoms with Crippen molar-refractivity contribution in [1.82, 2.24) is 10.2 Å². The molecule has 0 spiro atoms. The molecule has 0 saturated carbocycles. The van der Waals surface area contributed by atoms with Crippen LogP contribution in [0.3, 0.4) is 0 Å². The number of carboxylic acid groups (broad SMARTS) is 2. The van der Waals surface area contributed by atoms with Crippen LogP contribution in [-0.4, -0.2) is 80.5 Å². The third-order valence-electron chi connectivity index (χ3n) is 8.69. The van der Waals surface area contributed by atoms with Crippen LogP contribution in [0.25, 0.3) is 11.0 Å². The fraction of sp³-hybridized carbons (Fsp3) is 0.406. The third-order valence-corrected chi connectivity index (χ3v) is 8.69. The van der Waals surface area contributed by atoms with E-state index in [0.717, 1.165) is 23.1 Å². The van der Waals surface area contributed by atoms with Crippen LogP contribution in [0.5, 0.6) is 5.75 Å². The van der Waals surface area contributed by atoms with Crippen molar-refractivity contribution in [2.75, 3.05) is 25.5 Å². The van der Waals surface area contributed by atoms with Crippen LogP contribution in [0.2, 0.25) is 0 Å². The maximum atomic E-state index is 13.7. The minimum atomic E-state index is -2.11. The number of nitro benzene ring substituents is 2. The number of methoxy groups -OCH3 is 1. The number of carbonyl (C=O) groups is 4. The zero-order chi connectivity index (χ0) is 36.7. The van der Waals surface area contributed by atoms with Gasteiger partial charge in [-0.2, -0.15) is 0 Å². The summed E-state index contributed by atoms with van der Waals surface area (Å²) in [6.07, 6.45) is -0.0286. The van der Waals surface area contributed by atoms with Gasteiger partial charge in [-0.25, -0.2) is 9.59 Å². The molecule has 2 heterocycles. The molecule has 1 aliphatic heterocycles. The normalized spacial score (nSPS) is 16.7. The van der Waals surface area contributed by atoms with Gasteiger partial charge >= 0.3 is 17.6 Å². The van der Waals surface area contributed by atoms with Crippen LogP contribution in [0.1, 0.15) is 44.6 Å². The number of non-ortho nitro benzene ring substituents is 1. The predicted molar refractivity (Wildman–Crippen MR) is 175 cm³/mol. The summed E-state index contributed by atoms with van der Waals surface area (Å²) >= 11 is 0. The van der Waals surface area contributed by atoms with Gasteiger partial charge in [0.15, 0.2) is 5.54 Å². The van der Waals surface area contributed by atoms with Crippen molar-refractivity contribution in [3.05, 3.63) is 78.7 Å². The first kappa shape index (κ1) is 36.8. The lowest BCUT2D eigenvalue weighted by Gasteiger charge is -2.40. The van der Waals surface area contributed by atoms with Crippen LogP contribution in [0, 0.1) is 26.1 Å². The molecule has 0 bridgehead atoms. The molecule has 3 atom stereocenters. The van der Waals surface area contributed by atoms with Gasteiger partial charge in [0.25, 0.3) is 11.4 Å². The Bertz CT molecular complexity index is 1890. The molecule has 4 rings (SSSR count). The van der Waals surface area contributed by atoms with Crippen molar-refractivity contribution >= 4 is 51.8 Å². The van der Waals surface area contributed by atoms with Crippen LogP contribution in [0.15, 0.2) is 51.7 Å². The van der Waals surface area contributed by atoms with E-state index in [4.69, 9.17) is 9.15 Å². The number of rotatable bonds is 16. The zero-order valence-electron chi connectivity index (χ0n) is 27.1. The van der Waals surface area contributed by atoms with E-state index in [1.165, 1.54) is 26.2 Å². The summed E-state index contributed by atoms with van der Waals surface area (Å²) in [6, 6.07) is 7.72. The Balaban J connectivity index is 1.43. The Labute approximate surface area is 283 Å². The van der Waals surface area contributed by atoms with Gasteiger partial charge in [0, 0.05) is 36.7 Å². The highest BCUT2D eigenvalue weighted by molar-refractivity contribution is 5.96. The lowest BCUT2D eigenvalue weighted by atomic mass is 9.78. The second-order valence-corrected chi connectivity index (χ2v) is 11.8. The number of benzene rings is 2. The summed E-state index contributed by atoms with van der Waals surface area (Å²) in [4.78, 5) is 86.0. The predicted octanol–water partition coefficient (Wildman–Crippen LogP) is 3.09. The number of amides is 2. The summed E-state index contributed by atoms with van der Waals surface area (Å²) in [6.45, 7) is 1.39. The van der Waals surface area contributed by atoms with Gasteiger partial charge in [-0.3, -0.25) is 34.6 Å². The van der Waals surface area contributed by atoms with E-state index in [9.17, 15) is 54.4 Å². The van der Waals surface area contributed by atoms with Gasteiger partial charge in [-0.1, -0.05) is 6.42 Å². The maximum absolute atomic E-state index is 13.7. The highest BCUT2D eigenvalue weighted by Crippen LogP contribution is 2.40. The molecule has 1 fully saturated rings. The van der Waals surface area contributed by atoms with E-state index in [1.807, 2.05) is 0 Å². The molecule has 0 aliphatic carbocycles. The quantitative estimate of drug-likeness (QED) is 0.0726. The van der Waals surface area contributed by atoms with Crippen molar-refractivity contribution in [2.24, 2.45) is 5.92 Å². The highest BCUT2D eigenvalue weighted by Gasteiger charge is 2.58. The van der Waals surface area contributed by atoms with Crippen molar-refractivity contribution in [3.63, 3.8) is 0 Å². The molecule has 4 N–H and O–H groups in total. The van der Waals surface area contributed by atoms with E-state index in [1.54, 1.807) is 12.1 Å². The fourth-order valence-electron chi connectivity index (χ4n) is 6.32. The van der Waals surface area contributed by atoms with E-state index in [0.29, 0.717) is 16.7 Å². The SMILES string of the molecule is COc1ccc2c(CC(=O)N[C@@H](C)C(=O)N3CCC[C@]3(C(=O)O)[C@H](CCCCNc3ccc([N+](=O)[O-])cc3[N+](=O)[O-])C(=O)O)cc(=O)oc2c1.